The van der Waals surface area contributed by atoms with Crippen molar-refractivity contribution in [2.24, 2.45) is 0 Å². The summed E-state index contributed by atoms with van der Waals surface area (Å²) in [5, 5.41) is 3.31. The number of methoxy groups -OCH3 is 2. The third-order valence-electron chi connectivity index (χ3n) is 5.54. The number of benzene rings is 1. The van der Waals surface area contributed by atoms with E-state index in [1.165, 1.54) is 13.4 Å². The number of esters is 1. The Morgan fingerprint density at radius 3 is 2.42 bits per heavy atom. The summed E-state index contributed by atoms with van der Waals surface area (Å²) in [5.74, 6) is 0.819. The number of nitrogens with one attached hydrogen (secondary N) is 1. The van der Waals surface area contributed by atoms with Crippen LogP contribution in [-0.4, -0.2) is 84.4 Å². The van der Waals surface area contributed by atoms with Gasteiger partial charge >= 0.3 is 5.97 Å². The first-order chi connectivity index (χ1) is 17.6. The van der Waals surface area contributed by atoms with Crippen LogP contribution >= 0.6 is 0 Å². The van der Waals surface area contributed by atoms with Crippen molar-refractivity contribution in [3.63, 3.8) is 0 Å². The van der Waals surface area contributed by atoms with Crippen LogP contribution in [0.2, 0.25) is 0 Å². The second kappa shape index (κ2) is 14.9. The lowest BCUT2D eigenvalue weighted by molar-refractivity contribution is 0.0601. The largest absolute Gasteiger partial charge is 0.465 e. The van der Waals surface area contributed by atoms with Gasteiger partial charge in [-0.15, -0.1) is 0 Å². The molecule has 2 aromatic heterocycles. The van der Waals surface area contributed by atoms with Crippen molar-refractivity contribution in [3.8, 4) is 0 Å². The molecule has 0 spiro atoms. The van der Waals surface area contributed by atoms with Crippen molar-refractivity contribution in [1.82, 2.24) is 24.8 Å². The zero-order valence-corrected chi connectivity index (χ0v) is 22.5. The van der Waals surface area contributed by atoms with E-state index in [0.29, 0.717) is 28.4 Å². The van der Waals surface area contributed by atoms with Crippen LogP contribution in [0.25, 0.3) is 11.0 Å². The van der Waals surface area contributed by atoms with Gasteiger partial charge in [0.05, 0.1) is 25.5 Å². The lowest BCUT2D eigenvalue weighted by atomic mass is 10.1. The molecule has 1 aliphatic heterocycles. The summed E-state index contributed by atoms with van der Waals surface area (Å²) >= 11 is 0. The molecule has 1 N–H and O–H groups in total. The van der Waals surface area contributed by atoms with Crippen molar-refractivity contribution in [1.29, 1.82) is 0 Å². The van der Waals surface area contributed by atoms with Crippen molar-refractivity contribution < 1.29 is 14.3 Å². The molecule has 3 aromatic rings. The molecule has 0 aliphatic carbocycles. The van der Waals surface area contributed by atoms with E-state index >= 15 is 0 Å². The average Bonchev–Trinajstić information content (AvgIpc) is 2.95. The van der Waals surface area contributed by atoms with Crippen molar-refractivity contribution >= 4 is 34.5 Å². The van der Waals surface area contributed by atoms with Gasteiger partial charge in [-0.25, -0.2) is 24.7 Å². The van der Waals surface area contributed by atoms with Crippen LogP contribution in [-0.2, 0) is 9.47 Å². The SMILES string of the molecule is CC.CC.COCCN1CCN(c2ncc3ncnc(Nc4cc(C(=O)OC)ccc4C)c3n2)CC1. The van der Waals surface area contributed by atoms with Crippen LogP contribution in [0.15, 0.2) is 30.7 Å². The maximum atomic E-state index is 11.9. The Morgan fingerprint density at radius 2 is 1.75 bits per heavy atom. The van der Waals surface area contributed by atoms with Crippen LogP contribution in [0, 0.1) is 6.92 Å². The van der Waals surface area contributed by atoms with E-state index in [1.807, 2.05) is 40.7 Å². The van der Waals surface area contributed by atoms with E-state index in [2.05, 4.69) is 30.1 Å². The zero-order valence-electron chi connectivity index (χ0n) is 22.5. The molecule has 0 amide bonds. The average molecular weight is 498 g/mol. The molecule has 1 aliphatic rings. The summed E-state index contributed by atoms with van der Waals surface area (Å²) in [6.07, 6.45) is 3.20. The third-order valence-corrected chi connectivity index (χ3v) is 5.54. The predicted octanol–water partition coefficient (Wildman–Crippen LogP) is 4.08. The molecule has 10 heteroatoms. The number of rotatable bonds is 7. The molecule has 10 nitrogen and oxygen atoms in total. The second-order valence-corrected chi connectivity index (χ2v) is 7.59. The first kappa shape index (κ1) is 28.9. The fourth-order valence-corrected chi connectivity index (χ4v) is 3.61. The summed E-state index contributed by atoms with van der Waals surface area (Å²) < 4.78 is 10.0. The molecule has 196 valence electrons. The Morgan fingerprint density at radius 1 is 1.03 bits per heavy atom. The summed E-state index contributed by atoms with van der Waals surface area (Å²) in [6.45, 7) is 15.2. The number of carbonyl (C=O) groups excluding carboxylic acids is 1. The number of nitrogens with zero attached hydrogens (tertiary/aromatic N) is 6. The molecule has 1 fully saturated rings. The van der Waals surface area contributed by atoms with Gasteiger partial charge in [-0.1, -0.05) is 33.8 Å². The molecule has 0 radical (unpaired) electrons. The van der Waals surface area contributed by atoms with E-state index in [0.717, 1.165) is 50.6 Å². The molecule has 4 rings (SSSR count). The van der Waals surface area contributed by atoms with Gasteiger partial charge in [0.1, 0.15) is 17.4 Å². The fourth-order valence-electron chi connectivity index (χ4n) is 3.61. The lowest BCUT2D eigenvalue weighted by Gasteiger charge is -2.34. The van der Waals surface area contributed by atoms with Gasteiger partial charge in [0, 0.05) is 45.5 Å². The molecule has 0 bridgehead atoms. The Hall–Kier alpha value is -3.37. The Bertz CT molecular complexity index is 1100. The minimum atomic E-state index is -0.394. The van der Waals surface area contributed by atoms with E-state index in [1.54, 1.807) is 25.4 Å². The maximum Gasteiger partial charge on any atom is 0.337 e. The number of fused-ring (bicyclic) bond motifs is 1. The number of aromatic nitrogens is 4. The highest BCUT2D eigenvalue weighted by atomic mass is 16.5. The van der Waals surface area contributed by atoms with Gasteiger partial charge in [-0.3, -0.25) is 4.90 Å². The summed E-state index contributed by atoms with van der Waals surface area (Å²) in [6, 6.07) is 5.34. The number of piperazine rings is 1. The Labute approximate surface area is 214 Å². The lowest BCUT2D eigenvalue weighted by Crippen LogP contribution is -2.47. The van der Waals surface area contributed by atoms with Gasteiger partial charge in [0.15, 0.2) is 5.82 Å². The normalized spacial score (nSPS) is 13.2. The van der Waals surface area contributed by atoms with Gasteiger partial charge in [-0.2, -0.15) is 0 Å². The third kappa shape index (κ3) is 7.32. The van der Waals surface area contributed by atoms with Crippen LogP contribution in [0.4, 0.5) is 17.5 Å². The maximum absolute atomic E-state index is 11.9. The Kier molecular flexibility index (Phi) is 11.9. The molecule has 36 heavy (non-hydrogen) atoms. The molecular weight excluding hydrogens is 458 g/mol. The van der Waals surface area contributed by atoms with Gasteiger partial charge in [-0.05, 0) is 24.6 Å². The highest BCUT2D eigenvalue weighted by molar-refractivity contribution is 5.92. The van der Waals surface area contributed by atoms with Crippen LogP contribution in [0.1, 0.15) is 43.6 Å². The minimum Gasteiger partial charge on any atom is -0.465 e. The van der Waals surface area contributed by atoms with Crippen molar-refractivity contribution in [2.45, 2.75) is 34.6 Å². The van der Waals surface area contributed by atoms with Crippen LogP contribution < -0.4 is 10.2 Å². The number of ether oxygens (including phenoxy) is 2. The minimum absolute atomic E-state index is 0.394. The number of anilines is 3. The van der Waals surface area contributed by atoms with Gasteiger partial charge in [0.25, 0.3) is 0 Å². The van der Waals surface area contributed by atoms with Crippen molar-refractivity contribution in [2.75, 3.05) is 63.8 Å². The van der Waals surface area contributed by atoms with Gasteiger partial charge in [0.2, 0.25) is 5.95 Å². The highest BCUT2D eigenvalue weighted by Crippen LogP contribution is 2.26. The molecule has 1 saturated heterocycles. The molecule has 0 atom stereocenters. The van der Waals surface area contributed by atoms with E-state index in [9.17, 15) is 4.79 Å². The summed E-state index contributed by atoms with van der Waals surface area (Å²) in [7, 11) is 3.09. The smallest absolute Gasteiger partial charge is 0.337 e. The van der Waals surface area contributed by atoms with E-state index in [-0.39, 0.29) is 0 Å². The number of aryl methyl sites for hydroxylation is 1. The molecular formula is C26H39N7O3. The number of carbonyl (C=O) groups is 1. The first-order valence-electron chi connectivity index (χ1n) is 12.5. The van der Waals surface area contributed by atoms with Crippen molar-refractivity contribution in [3.05, 3.63) is 41.9 Å². The zero-order chi connectivity index (χ0) is 26.5. The number of hydrogen-bond donors (Lipinski definition) is 1. The van der Waals surface area contributed by atoms with E-state index < -0.39 is 5.97 Å². The highest BCUT2D eigenvalue weighted by Gasteiger charge is 2.20. The van der Waals surface area contributed by atoms with Crippen LogP contribution in [0.5, 0.6) is 0 Å². The van der Waals surface area contributed by atoms with Crippen LogP contribution in [0.3, 0.4) is 0 Å². The monoisotopic (exact) mass is 497 g/mol. The summed E-state index contributed by atoms with van der Waals surface area (Å²) in [5.41, 5.74) is 3.44. The topological polar surface area (TPSA) is 106 Å². The second-order valence-electron chi connectivity index (χ2n) is 7.59. The Balaban J connectivity index is 0.00000109. The fraction of sp³-hybridized carbons (Fsp3) is 0.500. The molecule has 3 heterocycles. The quantitative estimate of drug-likeness (QED) is 0.480. The predicted molar refractivity (Wildman–Crippen MR) is 144 cm³/mol. The van der Waals surface area contributed by atoms with Gasteiger partial charge < -0.3 is 19.7 Å². The molecule has 1 aromatic carbocycles. The summed E-state index contributed by atoms with van der Waals surface area (Å²) in [4.78, 5) is 34.5. The van der Waals surface area contributed by atoms with E-state index in [4.69, 9.17) is 14.5 Å². The molecule has 0 unspecified atom stereocenters. The standard InChI is InChI=1S/C22H27N7O3.2C2H6/c1-15-4-5-16(21(30)32-3)12-17(15)26-20-19-18(24-14-25-20)13-23-22(27-19)29-8-6-28(7-9-29)10-11-31-2;2*1-2/h4-5,12-14H,6-11H2,1-3H3,(H,24,25,26);2*1-2H3. The first-order valence-corrected chi connectivity index (χ1v) is 12.5. The number of hydrogen-bond acceptors (Lipinski definition) is 10. The molecule has 0 saturated carbocycles.